The van der Waals surface area contributed by atoms with E-state index in [9.17, 15) is 0 Å². The highest BCUT2D eigenvalue weighted by molar-refractivity contribution is 6.01. The Bertz CT molecular complexity index is 6680. The van der Waals surface area contributed by atoms with E-state index in [1.807, 2.05) is 64.1 Å². The first-order valence-corrected chi connectivity index (χ1v) is 42.9. The van der Waals surface area contributed by atoms with Crippen LogP contribution in [-0.4, -0.2) is 26.4 Å². The van der Waals surface area contributed by atoms with Crippen molar-refractivity contribution in [2.45, 2.75) is 77.0 Å². The summed E-state index contributed by atoms with van der Waals surface area (Å²) in [6.07, 6.45) is 21.5. The largest absolute Gasteiger partial charge is 0.481 e. The predicted octanol–water partition coefficient (Wildman–Crippen LogP) is 29.1. The van der Waals surface area contributed by atoms with E-state index >= 15 is 0 Å². The van der Waals surface area contributed by atoms with Crippen molar-refractivity contribution in [1.29, 1.82) is 0 Å². The van der Waals surface area contributed by atoms with Gasteiger partial charge in [0.1, 0.15) is 49.4 Å². The van der Waals surface area contributed by atoms with Gasteiger partial charge in [-0.25, -0.2) is 0 Å². The van der Waals surface area contributed by atoms with Crippen molar-refractivity contribution in [2.24, 2.45) is 0 Å². The Balaban J connectivity index is 0.000000119. The van der Waals surface area contributed by atoms with Gasteiger partial charge in [-0.05, 0) is 285 Å². The van der Waals surface area contributed by atoms with E-state index < -0.39 is 10.8 Å². The molecule has 0 bridgehead atoms. The lowest BCUT2D eigenvalue weighted by molar-refractivity contribution is 0.370. The Hall–Kier alpha value is -15.0. The molecular weight excluding hydrogens is 1510 g/mol. The number of benzene rings is 18. The molecule has 600 valence electrons. The number of ether oxygens (including phenoxy) is 4. The number of fused-ring (bicyclic) bond motifs is 18. The Kier molecular flexibility index (Phi) is 22.7. The van der Waals surface area contributed by atoms with Gasteiger partial charge in [0, 0.05) is 10.8 Å². The highest BCUT2D eigenvalue weighted by Crippen LogP contribution is 2.60. The molecule has 18 aromatic carbocycles. The second kappa shape index (κ2) is 34.6. The average molecular weight is 1600 g/mol. The van der Waals surface area contributed by atoms with E-state index in [-0.39, 0.29) is 37.3 Å². The van der Waals surface area contributed by atoms with Gasteiger partial charge in [-0.15, -0.1) is 25.7 Å². The monoisotopic (exact) mass is 1600 g/mol. The maximum Gasteiger partial charge on any atom is 0.148 e. The smallest absolute Gasteiger partial charge is 0.148 e. The van der Waals surface area contributed by atoms with Crippen molar-refractivity contribution < 1.29 is 18.9 Å². The molecule has 18 aromatic rings. The van der Waals surface area contributed by atoms with E-state index in [0.717, 1.165) is 55.7 Å². The van der Waals surface area contributed by atoms with Gasteiger partial charge in [-0.2, -0.15) is 0 Å². The van der Waals surface area contributed by atoms with Crippen molar-refractivity contribution in [3.05, 3.63) is 431 Å². The molecule has 0 fully saturated rings. The Morgan fingerprint density at radius 3 is 0.669 bits per heavy atom. The third kappa shape index (κ3) is 14.4. The van der Waals surface area contributed by atoms with Gasteiger partial charge < -0.3 is 18.9 Å². The molecule has 0 unspecified atom stereocenters. The maximum absolute atomic E-state index is 5.69. The molecule has 4 aliphatic rings. The Morgan fingerprint density at radius 2 is 0.395 bits per heavy atom. The van der Waals surface area contributed by atoms with Crippen LogP contribution >= 0.6 is 0 Å². The molecule has 0 spiro atoms. The maximum atomic E-state index is 5.69. The summed E-state index contributed by atoms with van der Waals surface area (Å²) in [5, 5.41) is 15.1. The topological polar surface area (TPSA) is 36.9 Å². The standard InChI is InChI=1S/C39H26O2.C31H22O2.2C23H18.2C2H6/c1-3-21-40-33-19-15-27-23-31(17-13-29(27)25-33)39(37-11-7-5-9-35(37)36-10-6-8-12-38(36)39)32-18-14-30-26-34(41-22-4-2)20-16-28(30)24-32;1-3-21-32-25-17-13-23(14-18-25)31(24-15-19-26(20-16-24)33-22-4-2)29-11-7-5-9-27(29)28-10-6-8-12-30(28)31;2*1-23(2)21-13-17-9-5-3-7-15(17)11-19(21)20-12-16-8-4-6-10-18(16)14-22(20)23;2*1-2/h1-2,5-20,23-26H,21-22H2;1-2,5-20H,21-22H2;2*3-14H,1-2H3;2*1-2H3. The normalized spacial score (nSPS) is 13.2. The number of hydrogen-bond acceptors (Lipinski definition) is 4. The summed E-state index contributed by atoms with van der Waals surface area (Å²) in [7, 11) is 0. The molecule has 0 N–H and O–H groups in total. The fraction of sp³-hybridized carbons (Fsp3) is 0.133. The van der Waals surface area contributed by atoms with Gasteiger partial charge in [0.15, 0.2) is 0 Å². The zero-order valence-electron chi connectivity index (χ0n) is 71.4. The van der Waals surface area contributed by atoms with E-state index in [1.165, 1.54) is 143 Å². The van der Waals surface area contributed by atoms with Gasteiger partial charge >= 0.3 is 0 Å². The van der Waals surface area contributed by atoms with Crippen molar-refractivity contribution in [3.8, 4) is 117 Å². The quantitative estimate of drug-likeness (QED) is 0.114. The first-order valence-electron chi connectivity index (χ1n) is 42.9. The third-order valence-electron chi connectivity index (χ3n) is 25.1. The fourth-order valence-electron chi connectivity index (χ4n) is 19.5. The molecule has 0 radical (unpaired) electrons. The Labute approximate surface area is 729 Å². The molecule has 0 heterocycles. The van der Waals surface area contributed by atoms with Crippen molar-refractivity contribution >= 4 is 64.6 Å². The molecule has 0 aromatic heterocycles. The summed E-state index contributed by atoms with van der Waals surface area (Å²) in [4.78, 5) is 0. The van der Waals surface area contributed by atoms with Gasteiger partial charge in [0.05, 0.1) is 10.8 Å². The summed E-state index contributed by atoms with van der Waals surface area (Å²) < 4.78 is 22.7. The molecule has 0 atom stereocenters. The molecule has 4 nitrogen and oxygen atoms in total. The van der Waals surface area contributed by atoms with Crippen LogP contribution in [0.5, 0.6) is 23.0 Å². The van der Waals surface area contributed by atoms with Crippen molar-refractivity contribution in [3.63, 3.8) is 0 Å². The summed E-state index contributed by atoms with van der Waals surface area (Å²) in [6, 6.07) is 131. The first-order chi connectivity index (χ1) is 60.8. The second-order valence-corrected chi connectivity index (χ2v) is 32.4. The minimum atomic E-state index is -0.493. The van der Waals surface area contributed by atoms with Crippen LogP contribution in [0.15, 0.2) is 364 Å². The van der Waals surface area contributed by atoms with E-state index in [1.54, 1.807) is 0 Å². The van der Waals surface area contributed by atoms with Crippen LogP contribution in [0.1, 0.15) is 122 Å². The minimum absolute atomic E-state index is 0.0543. The molecule has 22 rings (SSSR count). The zero-order valence-corrected chi connectivity index (χ0v) is 71.4. The zero-order chi connectivity index (χ0) is 85.7. The lowest BCUT2D eigenvalue weighted by Gasteiger charge is -2.34. The highest BCUT2D eigenvalue weighted by Gasteiger charge is 2.48. The van der Waals surface area contributed by atoms with E-state index in [2.05, 4.69) is 379 Å². The summed E-state index contributed by atoms with van der Waals surface area (Å²) in [5.74, 6) is 13.2. The van der Waals surface area contributed by atoms with Crippen LogP contribution in [0.25, 0.3) is 109 Å². The van der Waals surface area contributed by atoms with Crippen LogP contribution in [0.2, 0.25) is 0 Å². The number of terminal acetylenes is 4. The van der Waals surface area contributed by atoms with E-state index in [0.29, 0.717) is 0 Å². The van der Waals surface area contributed by atoms with Crippen molar-refractivity contribution in [2.75, 3.05) is 26.4 Å². The van der Waals surface area contributed by atoms with Gasteiger partial charge in [-0.1, -0.05) is 334 Å². The lowest BCUT2D eigenvalue weighted by Crippen LogP contribution is -2.28. The summed E-state index contributed by atoms with van der Waals surface area (Å²) in [5.41, 5.74) is 25.3. The fourth-order valence-corrected chi connectivity index (χ4v) is 19.5. The molecule has 0 aliphatic heterocycles. The van der Waals surface area contributed by atoms with Crippen LogP contribution in [-0.2, 0) is 21.7 Å². The molecule has 4 heteroatoms. The molecule has 124 heavy (non-hydrogen) atoms. The SMILES string of the molecule is C#CCOc1ccc(C2(c3ccc(OCC#C)cc3)c3ccccc3-c3ccccc32)cc1.C#CCOc1ccc2cc(C3(c4ccc5cc(OCC#C)ccc5c4)c4ccccc4-c4ccccc43)ccc2c1.CC.CC.CC1(C)c2cc3ccccc3cc2-c2cc3ccccc3cc21.CC1(C)c2cc3ccccc3cc2-c2cc3ccccc3cc21. The molecule has 0 saturated carbocycles. The number of rotatable bonds is 12. The van der Waals surface area contributed by atoms with Gasteiger partial charge in [0.2, 0.25) is 0 Å². The van der Waals surface area contributed by atoms with E-state index in [4.69, 9.17) is 44.6 Å². The van der Waals surface area contributed by atoms with Crippen LogP contribution < -0.4 is 18.9 Å². The number of hydrogen-bond donors (Lipinski definition) is 0. The highest BCUT2D eigenvalue weighted by atomic mass is 16.5. The molecular formula is C120H96O4. The van der Waals surface area contributed by atoms with Crippen LogP contribution in [0.4, 0.5) is 0 Å². The Morgan fingerprint density at radius 1 is 0.194 bits per heavy atom. The predicted molar refractivity (Wildman–Crippen MR) is 521 cm³/mol. The summed E-state index contributed by atoms with van der Waals surface area (Å²) >= 11 is 0. The minimum Gasteiger partial charge on any atom is -0.481 e. The molecule has 0 saturated heterocycles. The van der Waals surface area contributed by atoms with Crippen LogP contribution in [0.3, 0.4) is 0 Å². The van der Waals surface area contributed by atoms with Gasteiger partial charge in [-0.3, -0.25) is 0 Å². The van der Waals surface area contributed by atoms with Gasteiger partial charge in [0.25, 0.3) is 0 Å². The van der Waals surface area contributed by atoms with Crippen molar-refractivity contribution in [1.82, 2.24) is 0 Å². The molecule has 0 amide bonds. The lowest BCUT2D eigenvalue weighted by atomic mass is 9.67. The summed E-state index contributed by atoms with van der Waals surface area (Å²) in [6.45, 7) is 18.4. The third-order valence-corrected chi connectivity index (χ3v) is 25.1. The molecule has 4 aliphatic carbocycles. The van der Waals surface area contributed by atoms with Crippen LogP contribution in [0, 0.1) is 49.4 Å². The second-order valence-electron chi connectivity index (χ2n) is 32.4. The first kappa shape index (κ1) is 81.3. The average Bonchev–Trinajstić information content (AvgIpc) is 1.54.